The van der Waals surface area contributed by atoms with Crippen LogP contribution in [0.1, 0.15) is 65.2 Å². The molecule has 8 nitrogen and oxygen atoms in total. The molecule has 2 N–H and O–H groups in total. The number of amides is 1. The van der Waals surface area contributed by atoms with E-state index < -0.39 is 21.8 Å². The molecule has 172 valence electrons. The van der Waals surface area contributed by atoms with Gasteiger partial charge >= 0.3 is 5.76 Å². The van der Waals surface area contributed by atoms with Crippen molar-refractivity contribution in [2.75, 3.05) is 0 Å². The lowest BCUT2D eigenvalue weighted by Gasteiger charge is -2.25. The molecule has 1 aromatic heterocycles. The summed E-state index contributed by atoms with van der Waals surface area (Å²) in [6, 6.07) is 3.48. The number of nitrogens with zero attached hydrogens (tertiary/aromatic N) is 1. The predicted molar refractivity (Wildman–Crippen MR) is 119 cm³/mol. The van der Waals surface area contributed by atoms with Crippen LogP contribution >= 0.6 is 0 Å². The van der Waals surface area contributed by atoms with E-state index in [0.717, 1.165) is 25.7 Å². The van der Waals surface area contributed by atoms with Crippen molar-refractivity contribution in [2.45, 2.75) is 82.2 Å². The first kappa shape index (κ1) is 23.5. The largest absolute Gasteiger partial charge is 0.419 e. The van der Waals surface area contributed by atoms with Gasteiger partial charge in [0.2, 0.25) is 15.9 Å². The fourth-order valence-electron chi connectivity index (χ4n) is 4.12. The molecule has 1 atom stereocenters. The average molecular weight is 452 g/mol. The van der Waals surface area contributed by atoms with Gasteiger partial charge in [-0.3, -0.25) is 9.36 Å². The van der Waals surface area contributed by atoms with E-state index in [2.05, 4.69) is 10.0 Å². The number of nitrogens with one attached hydrogen (secondary N) is 2. The van der Waals surface area contributed by atoms with E-state index >= 15 is 0 Å². The lowest BCUT2D eigenvalue weighted by atomic mass is 9.96. The van der Waals surface area contributed by atoms with Crippen molar-refractivity contribution in [2.24, 2.45) is 13.0 Å². The van der Waals surface area contributed by atoms with E-state index in [4.69, 9.17) is 4.42 Å². The molecule has 0 bridgehead atoms. The Kier molecular flexibility index (Phi) is 7.59. The van der Waals surface area contributed by atoms with Gasteiger partial charge in [0.15, 0.2) is 5.58 Å². The van der Waals surface area contributed by atoms with E-state index in [1.165, 1.54) is 42.0 Å². The molecule has 1 saturated carbocycles. The predicted octanol–water partition coefficient (Wildman–Crippen LogP) is 3.05. The molecule has 1 aliphatic rings. The zero-order valence-electron chi connectivity index (χ0n) is 18.5. The molecule has 9 heteroatoms. The number of carbonyl (C=O) groups is 1. The summed E-state index contributed by atoms with van der Waals surface area (Å²) in [5, 5.41) is 3.08. The van der Waals surface area contributed by atoms with E-state index in [9.17, 15) is 18.0 Å². The Labute approximate surface area is 183 Å². The molecule has 0 spiro atoms. The van der Waals surface area contributed by atoms with Crippen LogP contribution in [0.2, 0.25) is 0 Å². The highest BCUT2D eigenvalue weighted by Gasteiger charge is 2.28. The highest BCUT2D eigenvalue weighted by molar-refractivity contribution is 7.89. The summed E-state index contributed by atoms with van der Waals surface area (Å²) in [6.07, 6.45) is 7.98. The third kappa shape index (κ3) is 5.98. The summed E-state index contributed by atoms with van der Waals surface area (Å²) >= 11 is 0. The van der Waals surface area contributed by atoms with Crippen LogP contribution in [-0.4, -0.2) is 31.0 Å². The molecule has 3 rings (SSSR count). The Balaban J connectivity index is 1.78. The number of hydrogen-bond acceptors (Lipinski definition) is 5. The maximum Gasteiger partial charge on any atom is 0.419 e. The van der Waals surface area contributed by atoms with Gasteiger partial charge in [0, 0.05) is 19.2 Å². The van der Waals surface area contributed by atoms with E-state index in [1.807, 2.05) is 13.8 Å². The van der Waals surface area contributed by atoms with Gasteiger partial charge in [0.05, 0.1) is 10.4 Å². The normalized spacial score (nSPS) is 17.4. The van der Waals surface area contributed by atoms with Crippen LogP contribution in [0.25, 0.3) is 11.1 Å². The number of carbonyl (C=O) groups excluding carboxylic acids is 1. The van der Waals surface area contributed by atoms with Gasteiger partial charge in [-0.15, -0.1) is 0 Å². The highest BCUT2D eigenvalue weighted by atomic mass is 32.2. The van der Waals surface area contributed by atoms with Gasteiger partial charge in [0.1, 0.15) is 6.04 Å². The van der Waals surface area contributed by atoms with E-state index in [0.29, 0.717) is 11.9 Å². The molecule has 1 aliphatic carbocycles. The topological polar surface area (TPSA) is 110 Å². The summed E-state index contributed by atoms with van der Waals surface area (Å²) in [5.74, 6) is -0.714. The summed E-state index contributed by atoms with van der Waals surface area (Å²) in [6.45, 7) is 3.91. The van der Waals surface area contributed by atoms with E-state index in [1.54, 1.807) is 7.05 Å². The van der Waals surface area contributed by atoms with Crippen molar-refractivity contribution >= 4 is 27.0 Å². The van der Waals surface area contributed by atoms with Crippen LogP contribution in [0.5, 0.6) is 0 Å². The maximum atomic E-state index is 13.0. The number of aromatic nitrogens is 1. The van der Waals surface area contributed by atoms with Gasteiger partial charge in [-0.25, -0.2) is 13.2 Å². The van der Waals surface area contributed by atoms with Crippen LogP contribution in [0.3, 0.4) is 0 Å². The molecule has 1 amide bonds. The zero-order chi connectivity index (χ0) is 22.6. The molecule has 31 heavy (non-hydrogen) atoms. The van der Waals surface area contributed by atoms with Gasteiger partial charge in [0.25, 0.3) is 0 Å². The van der Waals surface area contributed by atoms with E-state index in [-0.39, 0.29) is 28.3 Å². The Morgan fingerprint density at radius 1 is 1.16 bits per heavy atom. The van der Waals surface area contributed by atoms with Crippen LogP contribution in [-0.2, 0) is 21.9 Å². The first-order valence-electron chi connectivity index (χ1n) is 11.1. The molecule has 1 aromatic carbocycles. The SMILES string of the molecule is CC(C)C[C@H](NS(=O)(=O)c1ccc2c(c1)oc(=O)n2C)C(=O)NC1CCCCCCC1. The van der Waals surface area contributed by atoms with Gasteiger partial charge in [-0.05, 0) is 37.3 Å². The Morgan fingerprint density at radius 2 is 1.81 bits per heavy atom. The van der Waals surface area contributed by atoms with Crippen LogP contribution in [0.4, 0.5) is 0 Å². The molecule has 0 aliphatic heterocycles. The van der Waals surface area contributed by atoms with Crippen molar-refractivity contribution in [1.82, 2.24) is 14.6 Å². The second-order valence-electron chi connectivity index (χ2n) is 8.91. The van der Waals surface area contributed by atoms with Crippen molar-refractivity contribution in [3.63, 3.8) is 0 Å². The first-order chi connectivity index (χ1) is 14.7. The molecule has 2 aromatic rings. The molecule has 0 unspecified atom stereocenters. The standard InChI is InChI=1S/C22H33N3O5S/c1-15(2)13-18(21(26)23-16-9-7-5-4-6-8-10-16)24-31(28,29)17-11-12-19-20(14-17)30-22(27)25(19)3/h11-12,14-16,18,24H,4-10,13H2,1-3H3,(H,23,26)/t18-/m0/s1. The number of benzene rings is 1. The molecular weight excluding hydrogens is 418 g/mol. The average Bonchev–Trinajstić information content (AvgIpc) is 2.96. The molecule has 0 saturated heterocycles. The Morgan fingerprint density at radius 3 is 2.45 bits per heavy atom. The number of aryl methyl sites for hydroxylation is 1. The fraction of sp³-hybridized carbons (Fsp3) is 0.636. The minimum Gasteiger partial charge on any atom is -0.408 e. The fourth-order valence-corrected chi connectivity index (χ4v) is 5.34. The number of oxazole rings is 1. The minimum atomic E-state index is -3.98. The van der Waals surface area contributed by atoms with Crippen LogP contribution in [0, 0.1) is 5.92 Å². The third-order valence-electron chi connectivity index (χ3n) is 5.85. The quantitative estimate of drug-likeness (QED) is 0.672. The number of rotatable bonds is 7. The first-order valence-corrected chi connectivity index (χ1v) is 12.6. The highest BCUT2D eigenvalue weighted by Crippen LogP contribution is 2.20. The number of fused-ring (bicyclic) bond motifs is 1. The smallest absolute Gasteiger partial charge is 0.408 e. The second-order valence-corrected chi connectivity index (χ2v) is 10.6. The van der Waals surface area contributed by atoms with Gasteiger partial charge in [-0.1, -0.05) is 46.0 Å². The molecule has 1 heterocycles. The third-order valence-corrected chi connectivity index (χ3v) is 7.32. The zero-order valence-corrected chi connectivity index (χ0v) is 19.3. The van der Waals surface area contributed by atoms with Crippen molar-refractivity contribution in [1.29, 1.82) is 0 Å². The number of sulfonamides is 1. The van der Waals surface area contributed by atoms with Crippen LogP contribution in [0.15, 0.2) is 32.3 Å². The summed E-state index contributed by atoms with van der Waals surface area (Å²) < 4.78 is 35.1. The Bertz CT molecular complexity index is 1060. The van der Waals surface area contributed by atoms with Gasteiger partial charge in [-0.2, -0.15) is 4.72 Å². The number of hydrogen-bond donors (Lipinski definition) is 2. The van der Waals surface area contributed by atoms with Crippen molar-refractivity contribution < 1.29 is 17.6 Å². The second kappa shape index (κ2) is 9.99. The van der Waals surface area contributed by atoms with Crippen LogP contribution < -0.4 is 15.8 Å². The summed E-state index contributed by atoms with van der Waals surface area (Å²) in [4.78, 5) is 24.7. The summed E-state index contributed by atoms with van der Waals surface area (Å²) in [7, 11) is -2.43. The van der Waals surface area contributed by atoms with Gasteiger partial charge < -0.3 is 9.73 Å². The molecule has 0 radical (unpaired) electrons. The minimum absolute atomic E-state index is 0.0399. The van der Waals surface area contributed by atoms with Crippen molar-refractivity contribution in [3.05, 3.63) is 28.7 Å². The molecule has 1 fully saturated rings. The summed E-state index contributed by atoms with van der Waals surface area (Å²) in [5.41, 5.74) is 0.694. The Hall–Kier alpha value is -2.13. The monoisotopic (exact) mass is 451 g/mol. The maximum absolute atomic E-state index is 13.0. The van der Waals surface area contributed by atoms with Crippen molar-refractivity contribution in [3.8, 4) is 0 Å². The molecular formula is C22H33N3O5S. The lowest BCUT2D eigenvalue weighted by Crippen LogP contribution is -2.50. The lowest BCUT2D eigenvalue weighted by molar-refractivity contribution is -0.123.